The molecule has 1 unspecified atom stereocenters. The van der Waals surface area contributed by atoms with Crippen LogP contribution >= 0.6 is 11.8 Å². The van der Waals surface area contributed by atoms with Gasteiger partial charge in [-0.25, -0.2) is 0 Å². The molecule has 0 spiro atoms. The molecule has 5 aromatic carbocycles. The van der Waals surface area contributed by atoms with Crippen molar-refractivity contribution in [3.05, 3.63) is 161 Å². The highest BCUT2D eigenvalue weighted by atomic mass is 32.2. The summed E-state index contributed by atoms with van der Waals surface area (Å²) in [4.78, 5) is 40.1. The fraction of sp³-hybridized carbons (Fsp3) is 0.103. The molecule has 7 nitrogen and oxygen atoms in total. The van der Waals surface area contributed by atoms with Crippen LogP contribution in [0.4, 0.5) is 24.5 Å². The summed E-state index contributed by atoms with van der Waals surface area (Å²) in [6.07, 6.45) is -3.08. The molecule has 0 aliphatic heterocycles. The molecule has 0 bridgehead atoms. The van der Waals surface area contributed by atoms with Crippen molar-refractivity contribution in [2.24, 2.45) is 0 Å². The van der Waals surface area contributed by atoms with Crippen molar-refractivity contribution >= 4 is 46.9 Å². The van der Waals surface area contributed by atoms with Crippen LogP contribution in [-0.4, -0.2) is 23.0 Å². The zero-order valence-corrected chi connectivity index (χ0v) is 27.6. The smallest absolute Gasteiger partial charge is 0.418 e. The average molecular weight is 696 g/mol. The van der Waals surface area contributed by atoms with Gasteiger partial charge in [0.05, 0.1) is 16.5 Å². The number of carbonyl (C=O) groups excluding carboxylic acids is 3. The van der Waals surface area contributed by atoms with Gasteiger partial charge in [-0.1, -0.05) is 78.9 Å². The van der Waals surface area contributed by atoms with Crippen LogP contribution in [0.15, 0.2) is 144 Å². The Bertz CT molecular complexity index is 1970. The number of hydrogen-bond acceptors (Lipinski definition) is 5. The molecular formula is C39H32F3N3O4S. The Balaban J connectivity index is 1.28. The molecule has 0 aliphatic carbocycles. The molecule has 0 fully saturated rings. The molecule has 0 aliphatic rings. The molecule has 0 saturated carbocycles. The number of amides is 3. The molecule has 0 radical (unpaired) electrons. The summed E-state index contributed by atoms with van der Waals surface area (Å²) in [5, 5.41) is 7.09. The van der Waals surface area contributed by atoms with E-state index in [0.29, 0.717) is 34.1 Å². The van der Waals surface area contributed by atoms with Crippen molar-refractivity contribution in [1.29, 1.82) is 0 Å². The third-order valence-electron chi connectivity index (χ3n) is 7.23. The van der Waals surface area contributed by atoms with Crippen molar-refractivity contribution in [2.45, 2.75) is 29.9 Å². The van der Waals surface area contributed by atoms with Crippen LogP contribution in [0.2, 0.25) is 0 Å². The number of carbonyl (C=O) groups is 3. The van der Waals surface area contributed by atoms with Gasteiger partial charge in [0, 0.05) is 16.1 Å². The first-order chi connectivity index (χ1) is 24.0. The van der Waals surface area contributed by atoms with Crippen molar-refractivity contribution < 1.29 is 32.3 Å². The lowest BCUT2D eigenvalue weighted by Gasteiger charge is -2.16. The lowest BCUT2D eigenvalue weighted by Crippen LogP contribution is -2.30. The van der Waals surface area contributed by atoms with E-state index < -0.39 is 34.7 Å². The number of thioether (sulfide) groups is 1. The highest BCUT2D eigenvalue weighted by Gasteiger charge is 2.34. The molecular weight excluding hydrogens is 664 g/mol. The van der Waals surface area contributed by atoms with Crippen molar-refractivity contribution in [3.8, 4) is 5.75 Å². The number of benzene rings is 5. The second-order valence-electron chi connectivity index (χ2n) is 11.0. The van der Waals surface area contributed by atoms with Gasteiger partial charge in [-0.05, 0) is 78.7 Å². The predicted octanol–water partition coefficient (Wildman–Crippen LogP) is 8.81. The average Bonchev–Trinajstić information content (AvgIpc) is 3.11. The molecule has 11 heteroatoms. The molecule has 1 atom stereocenters. The third-order valence-corrected chi connectivity index (χ3v) is 8.33. The van der Waals surface area contributed by atoms with Crippen LogP contribution in [0, 0.1) is 0 Å². The van der Waals surface area contributed by atoms with Crippen LogP contribution < -0.4 is 20.7 Å². The van der Waals surface area contributed by atoms with Gasteiger partial charge in [0.1, 0.15) is 18.1 Å². The summed E-state index contributed by atoms with van der Waals surface area (Å²) >= 11 is 1.11. The quantitative estimate of drug-likeness (QED) is 0.0896. The summed E-state index contributed by atoms with van der Waals surface area (Å²) in [7, 11) is 0. The molecule has 0 aromatic heterocycles. The van der Waals surface area contributed by atoms with Gasteiger partial charge in [0.25, 0.3) is 11.8 Å². The van der Waals surface area contributed by atoms with E-state index in [9.17, 15) is 27.6 Å². The molecule has 50 heavy (non-hydrogen) atoms. The van der Waals surface area contributed by atoms with Crippen LogP contribution in [0.25, 0.3) is 6.08 Å². The number of alkyl halides is 3. The Hall–Kier alpha value is -5.81. The van der Waals surface area contributed by atoms with Crippen molar-refractivity contribution in [2.75, 3.05) is 10.6 Å². The Morgan fingerprint density at radius 3 is 2.14 bits per heavy atom. The minimum Gasteiger partial charge on any atom is -0.489 e. The second kappa shape index (κ2) is 16.5. The summed E-state index contributed by atoms with van der Waals surface area (Å²) in [5.41, 5.74) is 1.10. The zero-order valence-electron chi connectivity index (χ0n) is 26.7. The van der Waals surface area contributed by atoms with E-state index in [2.05, 4.69) is 16.0 Å². The largest absolute Gasteiger partial charge is 0.489 e. The molecule has 5 rings (SSSR count). The van der Waals surface area contributed by atoms with Crippen LogP contribution in [0.5, 0.6) is 5.75 Å². The van der Waals surface area contributed by atoms with Crippen molar-refractivity contribution in [3.63, 3.8) is 0 Å². The molecule has 3 amide bonds. The first-order valence-electron chi connectivity index (χ1n) is 15.5. The zero-order chi connectivity index (χ0) is 35.5. The fourth-order valence-corrected chi connectivity index (χ4v) is 5.61. The van der Waals surface area contributed by atoms with E-state index in [1.54, 1.807) is 91.9 Å². The van der Waals surface area contributed by atoms with Gasteiger partial charge in [-0.2, -0.15) is 13.2 Å². The summed E-state index contributed by atoms with van der Waals surface area (Å²) < 4.78 is 46.1. The number of halogens is 3. The number of ether oxygens (including phenoxy) is 1. The monoisotopic (exact) mass is 695 g/mol. The van der Waals surface area contributed by atoms with Gasteiger partial charge < -0.3 is 20.7 Å². The minimum atomic E-state index is -4.62. The van der Waals surface area contributed by atoms with E-state index in [4.69, 9.17) is 4.74 Å². The topological polar surface area (TPSA) is 96.5 Å². The minimum absolute atomic E-state index is 0.0223. The summed E-state index contributed by atoms with van der Waals surface area (Å²) in [5.74, 6) is -1.07. The maximum Gasteiger partial charge on any atom is 0.418 e. The predicted molar refractivity (Wildman–Crippen MR) is 190 cm³/mol. The second-order valence-corrected chi connectivity index (χ2v) is 12.4. The van der Waals surface area contributed by atoms with E-state index in [0.717, 1.165) is 23.4 Å². The number of rotatable bonds is 12. The Labute approximate surface area is 291 Å². The standard InChI is InChI=1S/C39H32F3N3O4S/c1-26(36(46)44-34-18-9-8-17-33(34)39(40,41)42)50-32-16-10-15-30(24-32)43-38(48)35(45-37(47)29-13-6-3-7-14-29)23-27-19-21-31(22-20-27)49-25-28-11-4-2-5-12-28/h2-24,26H,25H2,1H3,(H,43,48)(H,44,46)(H,45,47)/b35-23+. The summed E-state index contributed by atoms with van der Waals surface area (Å²) in [6.45, 7) is 1.96. The molecule has 254 valence electrons. The SMILES string of the molecule is CC(Sc1cccc(NC(=O)/C(=C\c2ccc(OCc3ccccc3)cc2)NC(=O)c2ccccc2)c1)C(=O)Nc1ccccc1C(F)(F)F. The number of para-hydroxylation sites is 1. The molecule has 0 saturated heterocycles. The van der Waals surface area contributed by atoms with Gasteiger partial charge in [-0.15, -0.1) is 11.8 Å². The third kappa shape index (κ3) is 10.1. The first-order valence-corrected chi connectivity index (χ1v) is 16.3. The highest BCUT2D eigenvalue weighted by molar-refractivity contribution is 8.00. The van der Waals surface area contributed by atoms with E-state index in [-0.39, 0.29) is 11.4 Å². The Kier molecular flexibility index (Phi) is 11.7. The van der Waals surface area contributed by atoms with Gasteiger partial charge in [0.15, 0.2) is 0 Å². The van der Waals surface area contributed by atoms with Gasteiger partial charge >= 0.3 is 6.18 Å². The van der Waals surface area contributed by atoms with Gasteiger partial charge in [0.2, 0.25) is 5.91 Å². The van der Waals surface area contributed by atoms with Crippen molar-refractivity contribution in [1.82, 2.24) is 5.32 Å². The van der Waals surface area contributed by atoms with E-state index >= 15 is 0 Å². The van der Waals surface area contributed by atoms with Crippen LogP contribution in [-0.2, 0) is 22.4 Å². The van der Waals surface area contributed by atoms with Gasteiger partial charge in [-0.3, -0.25) is 14.4 Å². The molecule has 3 N–H and O–H groups in total. The number of hydrogen-bond donors (Lipinski definition) is 3. The Morgan fingerprint density at radius 1 is 0.780 bits per heavy atom. The fourth-order valence-electron chi connectivity index (χ4n) is 4.69. The maximum atomic E-state index is 13.6. The lowest BCUT2D eigenvalue weighted by molar-refractivity contribution is -0.137. The van der Waals surface area contributed by atoms with Crippen LogP contribution in [0.3, 0.4) is 0 Å². The highest BCUT2D eigenvalue weighted by Crippen LogP contribution is 2.35. The number of nitrogens with one attached hydrogen (secondary N) is 3. The summed E-state index contributed by atoms with van der Waals surface area (Å²) in [6, 6.07) is 36.7. The van der Waals surface area contributed by atoms with Crippen LogP contribution in [0.1, 0.15) is 34.0 Å². The molecule has 5 aromatic rings. The normalized spacial score (nSPS) is 12.0. The lowest BCUT2D eigenvalue weighted by atomic mass is 10.1. The molecule has 0 heterocycles. The number of anilines is 2. The Morgan fingerprint density at radius 2 is 1.44 bits per heavy atom. The van der Waals surface area contributed by atoms with E-state index in [1.807, 2.05) is 30.3 Å². The maximum absolute atomic E-state index is 13.6. The first kappa shape index (κ1) is 35.5. The van der Waals surface area contributed by atoms with E-state index in [1.165, 1.54) is 18.2 Å².